The number of amides is 3. The molecule has 1 aliphatic rings. The zero-order chi connectivity index (χ0) is 21.2. The van der Waals surface area contributed by atoms with Gasteiger partial charge in [0, 0.05) is 51.1 Å². The second-order valence-electron chi connectivity index (χ2n) is 7.31. The lowest BCUT2D eigenvalue weighted by Gasteiger charge is -2.34. The molecule has 1 aromatic heterocycles. The number of carbonyl (C=O) groups excluding carboxylic acids is 2. The molecule has 0 saturated carbocycles. The SMILES string of the molecule is CN(Cc1ccccc1)C(=O)NCCC(=O)NCC(c1cccs1)N1CCOCC1. The van der Waals surface area contributed by atoms with Gasteiger partial charge in [0.2, 0.25) is 5.91 Å². The Bertz CT molecular complexity index is 779. The highest BCUT2D eigenvalue weighted by molar-refractivity contribution is 7.10. The Morgan fingerprint density at radius 1 is 1.13 bits per heavy atom. The predicted octanol–water partition coefficient (Wildman–Crippen LogP) is 2.47. The molecule has 1 unspecified atom stereocenters. The zero-order valence-corrected chi connectivity index (χ0v) is 18.2. The van der Waals surface area contributed by atoms with Crippen LogP contribution in [-0.4, -0.2) is 68.2 Å². The van der Waals surface area contributed by atoms with Crippen LogP contribution in [-0.2, 0) is 16.1 Å². The van der Waals surface area contributed by atoms with Crippen molar-refractivity contribution < 1.29 is 14.3 Å². The lowest BCUT2D eigenvalue weighted by Crippen LogP contribution is -2.44. The maximum atomic E-state index is 12.3. The predicted molar refractivity (Wildman–Crippen MR) is 118 cm³/mol. The second-order valence-corrected chi connectivity index (χ2v) is 8.29. The second kappa shape index (κ2) is 11.7. The fraction of sp³-hybridized carbons (Fsp3) is 0.455. The molecule has 0 aliphatic carbocycles. The Morgan fingerprint density at radius 3 is 2.60 bits per heavy atom. The summed E-state index contributed by atoms with van der Waals surface area (Å²) in [6.07, 6.45) is 0.255. The van der Waals surface area contributed by atoms with E-state index in [1.807, 2.05) is 36.4 Å². The van der Waals surface area contributed by atoms with Gasteiger partial charge in [0.25, 0.3) is 0 Å². The van der Waals surface area contributed by atoms with Crippen LogP contribution in [0.5, 0.6) is 0 Å². The summed E-state index contributed by atoms with van der Waals surface area (Å²) in [5, 5.41) is 7.91. The fourth-order valence-electron chi connectivity index (χ4n) is 3.43. The first-order chi connectivity index (χ1) is 14.6. The molecule has 8 heteroatoms. The third-order valence-corrected chi connectivity index (χ3v) is 6.06. The first-order valence-corrected chi connectivity index (χ1v) is 11.2. The van der Waals surface area contributed by atoms with E-state index in [1.54, 1.807) is 23.3 Å². The van der Waals surface area contributed by atoms with Gasteiger partial charge in [-0.05, 0) is 17.0 Å². The molecule has 7 nitrogen and oxygen atoms in total. The van der Waals surface area contributed by atoms with Crippen LogP contribution in [0, 0.1) is 0 Å². The molecule has 2 aromatic rings. The number of hydrogen-bond acceptors (Lipinski definition) is 5. The number of rotatable bonds is 9. The van der Waals surface area contributed by atoms with E-state index in [0.29, 0.717) is 19.6 Å². The van der Waals surface area contributed by atoms with Crippen molar-refractivity contribution in [3.05, 3.63) is 58.3 Å². The molecule has 162 valence electrons. The van der Waals surface area contributed by atoms with E-state index in [0.717, 1.165) is 31.9 Å². The first-order valence-electron chi connectivity index (χ1n) is 10.3. The highest BCUT2D eigenvalue weighted by atomic mass is 32.1. The van der Waals surface area contributed by atoms with E-state index < -0.39 is 0 Å². The normalized spacial score (nSPS) is 15.4. The van der Waals surface area contributed by atoms with E-state index in [1.165, 1.54) is 4.88 Å². The third kappa shape index (κ3) is 6.83. The molecule has 1 atom stereocenters. The average Bonchev–Trinajstić information content (AvgIpc) is 3.30. The number of morpholine rings is 1. The Labute approximate surface area is 182 Å². The summed E-state index contributed by atoms with van der Waals surface area (Å²) in [4.78, 5) is 29.8. The van der Waals surface area contributed by atoms with Gasteiger partial charge in [0.15, 0.2) is 0 Å². The maximum absolute atomic E-state index is 12.3. The molecule has 0 bridgehead atoms. The van der Waals surface area contributed by atoms with Crippen LogP contribution in [0.1, 0.15) is 22.9 Å². The van der Waals surface area contributed by atoms with E-state index >= 15 is 0 Å². The molecule has 1 fully saturated rings. The Kier molecular flexibility index (Phi) is 8.67. The van der Waals surface area contributed by atoms with Crippen molar-refractivity contribution in [2.45, 2.75) is 19.0 Å². The quantitative estimate of drug-likeness (QED) is 0.641. The molecule has 1 aliphatic heterocycles. The number of benzene rings is 1. The summed E-state index contributed by atoms with van der Waals surface area (Å²) in [6.45, 7) is 4.56. The number of thiophene rings is 1. The average molecular weight is 431 g/mol. The van der Waals surface area contributed by atoms with Gasteiger partial charge in [-0.1, -0.05) is 36.4 Å². The highest BCUT2D eigenvalue weighted by Gasteiger charge is 2.23. The van der Waals surface area contributed by atoms with Gasteiger partial charge >= 0.3 is 6.03 Å². The Hall–Kier alpha value is -2.42. The van der Waals surface area contributed by atoms with Crippen LogP contribution >= 0.6 is 11.3 Å². The molecule has 3 rings (SSSR count). The van der Waals surface area contributed by atoms with Crippen molar-refractivity contribution in [3.63, 3.8) is 0 Å². The summed E-state index contributed by atoms with van der Waals surface area (Å²) in [5.41, 5.74) is 1.07. The summed E-state index contributed by atoms with van der Waals surface area (Å²) in [7, 11) is 1.75. The van der Waals surface area contributed by atoms with Crippen molar-refractivity contribution in [1.29, 1.82) is 0 Å². The summed E-state index contributed by atoms with van der Waals surface area (Å²) in [6, 6.07) is 13.9. The van der Waals surface area contributed by atoms with Crippen molar-refractivity contribution >= 4 is 23.3 Å². The van der Waals surface area contributed by atoms with Gasteiger partial charge in [0.05, 0.1) is 19.3 Å². The Balaban J connectivity index is 1.39. The minimum atomic E-state index is -0.184. The zero-order valence-electron chi connectivity index (χ0n) is 17.4. The first kappa shape index (κ1) is 22.3. The van der Waals surface area contributed by atoms with Gasteiger partial charge in [-0.2, -0.15) is 0 Å². The maximum Gasteiger partial charge on any atom is 0.317 e. The number of nitrogens with one attached hydrogen (secondary N) is 2. The molecular weight excluding hydrogens is 400 g/mol. The number of carbonyl (C=O) groups is 2. The molecule has 30 heavy (non-hydrogen) atoms. The minimum absolute atomic E-state index is 0.0594. The smallest absolute Gasteiger partial charge is 0.317 e. The molecule has 2 N–H and O–H groups in total. The highest BCUT2D eigenvalue weighted by Crippen LogP contribution is 2.25. The van der Waals surface area contributed by atoms with E-state index in [-0.39, 0.29) is 24.4 Å². The standard InChI is InChI=1S/C22H30N4O3S/c1-25(17-18-6-3-2-4-7-18)22(28)23-10-9-21(27)24-16-19(20-8-5-15-30-20)26-11-13-29-14-12-26/h2-8,15,19H,9-14,16-17H2,1H3,(H,23,28)(H,24,27). The van der Waals surface area contributed by atoms with E-state index in [2.05, 4.69) is 27.0 Å². The van der Waals surface area contributed by atoms with Gasteiger partial charge in [0.1, 0.15) is 0 Å². The minimum Gasteiger partial charge on any atom is -0.379 e. The van der Waals surface area contributed by atoms with Crippen LogP contribution in [0.3, 0.4) is 0 Å². The number of ether oxygens (including phenoxy) is 1. The van der Waals surface area contributed by atoms with Crippen LogP contribution in [0.4, 0.5) is 4.79 Å². The molecule has 1 aromatic carbocycles. The summed E-state index contributed by atoms with van der Waals surface area (Å²) < 4.78 is 5.46. The summed E-state index contributed by atoms with van der Waals surface area (Å²) in [5.74, 6) is -0.0594. The van der Waals surface area contributed by atoms with Crippen molar-refractivity contribution in [2.24, 2.45) is 0 Å². The number of nitrogens with zero attached hydrogens (tertiary/aromatic N) is 2. The number of hydrogen-bond donors (Lipinski definition) is 2. The van der Waals surface area contributed by atoms with Crippen LogP contribution < -0.4 is 10.6 Å². The lowest BCUT2D eigenvalue weighted by atomic mass is 10.2. The van der Waals surface area contributed by atoms with Crippen molar-refractivity contribution in [1.82, 2.24) is 20.4 Å². The van der Waals surface area contributed by atoms with Crippen LogP contribution in [0.25, 0.3) is 0 Å². The summed E-state index contributed by atoms with van der Waals surface area (Å²) >= 11 is 1.71. The monoisotopic (exact) mass is 430 g/mol. The Morgan fingerprint density at radius 2 is 1.90 bits per heavy atom. The molecule has 0 spiro atoms. The van der Waals surface area contributed by atoms with Crippen LogP contribution in [0.15, 0.2) is 47.8 Å². The lowest BCUT2D eigenvalue weighted by molar-refractivity contribution is -0.121. The molecule has 1 saturated heterocycles. The number of urea groups is 1. The van der Waals surface area contributed by atoms with Gasteiger partial charge < -0.3 is 20.3 Å². The van der Waals surface area contributed by atoms with Crippen molar-refractivity contribution in [2.75, 3.05) is 46.4 Å². The van der Waals surface area contributed by atoms with Gasteiger partial charge in [-0.25, -0.2) is 4.79 Å². The molecule has 3 amide bonds. The largest absolute Gasteiger partial charge is 0.379 e. The van der Waals surface area contributed by atoms with Crippen molar-refractivity contribution in [3.8, 4) is 0 Å². The van der Waals surface area contributed by atoms with Gasteiger partial charge in [-0.15, -0.1) is 11.3 Å². The van der Waals surface area contributed by atoms with E-state index in [4.69, 9.17) is 4.74 Å². The van der Waals surface area contributed by atoms with E-state index in [9.17, 15) is 9.59 Å². The molecule has 2 heterocycles. The molecule has 0 radical (unpaired) electrons. The fourth-order valence-corrected chi connectivity index (χ4v) is 4.29. The van der Waals surface area contributed by atoms with Gasteiger partial charge in [-0.3, -0.25) is 9.69 Å². The topological polar surface area (TPSA) is 73.9 Å². The van der Waals surface area contributed by atoms with Crippen LogP contribution in [0.2, 0.25) is 0 Å². The molecular formula is C22H30N4O3S. The third-order valence-electron chi connectivity index (χ3n) is 5.09.